The molecule has 0 spiro atoms. The predicted molar refractivity (Wildman–Crippen MR) is 47.7 cm³/mol. The van der Waals surface area contributed by atoms with Crippen LogP contribution < -0.4 is 5.73 Å². The molecule has 0 aromatic rings. The van der Waals surface area contributed by atoms with E-state index in [1.807, 2.05) is 0 Å². The first kappa shape index (κ1) is 10.5. The molecule has 1 fully saturated rings. The first-order valence-corrected chi connectivity index (χ1v) is 4.62. The van der Waals surface area contributed by atoms with Crippen molar-refractivity contribution in [3.05, 3.63) is 6.42 Å². The van der Waals surface area contributed by atoms with Crippen molar-refractivity contribution in [1.82, 2.24) is 0 Å². The third kappa shape index (κ3) is 3.32. The van der Waals surface area contributed by atoms with Crippen LogP contribution in [0.3, 0.4) is 0 Å². The van der Waals surface area contributed by atoms with E-state index in [0.29, 0.717) is 0 Å². The average Bonchev–Trinajstić information content (AvgIpc) is 2.18. The number of hydrogen-bond acceptors (Lipinski definition) is 4. The van der Waals surface area contributed by atoms with Crippen molar-refractivity contribution in [2.75, 3.05) is 6.61 Å². The highest BCUT2D eigenvalue weighted by Gasteiger charge is 2.21. The zero-order chi connectivity index (χ0) is 9.68. The molecule has 1 rings (SSSR count). The SMILES string of the molecule is NC(CO)C(=O)OC1CC[CH]CC1. The smallest absolute Gasteiger partial charge is 0.325 e. The highest BCUT2D eigenvalue weighted by Crippen LogP contribution is 2.19. The minimum absolute atomic E-state index is 0.00454. The molecular formula is C9H16NO3. The molecule has 0 aliphatic heterocycles. The van der Waals surface area contributed by atoms with E-state index in [9.17, 15) is 4.79 Å². The molecule has 1 aliphatic carbocycles. The van der Waals surface area contributed by atoms with E-state index in [4.69, 9.17) is 15.6 Å². The van der Waals surface area contributed by atoms with Crippen molar-refractivity contribution < 1.29 is 14.6 Å². The number of aliphatic hydroxyl groups is 1. The molecule has 4 heteroatoms. The number of esters is 1. The maximum absolute atomic E-state index is 11.1. The lowest BCUT2D eigenvalue weighted by Gasteiger charge is -2.22. The highest BCUT2D eigenvalue weighted by molar-refractivity contribution is 5.75. The normalized spacial score (nSPS) is 21.1. The van der Waals surface area contributed by atoms with Gasteiger partial charge < -0.3 is 15.6 Å². The van der Waals surface area contributed by atoms with Crippen LogP contribution in [0.2, 0.25) is 0 Å². The lowest BCUT2D eigenvalue weighted by molar-refractivity contribution is -0.152. The standard InChI is InChI=1S/C9H16NO3/c10-8(6-11)9(12)13-7-4-2-1-3-5-7/h1,7-8,11H,2-6,10H2. The number of aliphatic hydroxyl groups excluding tert-OH is 1. The summed E-state index contributed by atoms with van der Waals surface area (Å²) in [6, 6.07) is -0.883. The summed E-state index contributed by atoms with van der Waals surface area (Å²) >= 11 is 0. The van der Waals surface area contributed by atoms with Crippen LogP contribution in [0.1, 0.15) is 25.7 Å². The highest BCUT2D eigenvalue weighted by atomic mass is 16.5. The van der Waals surface area contributed by atoms with Gasteiger partial charge in [0, 0.05) is 0 Å². The van der Waals surface area contributed by atoms with E-state index in [2.05, 4.69) is 6.42 Å². The summed E-state index contributed by atoms with van der Waals surface area (Å²) in [5.74, 6) is -0.491. The van der Waals surface area contributed by atoms with Gasteiger partial charge in [-0.3, -0.25) is 4.79 Å². The molecule has 0 aromatic carbocycles. The number of hydrogen-bond donors (Lipinski definition) is 2. The summed E-state index contributed by atoms with van der Waals surface area (Å²) in [7, 11) is 0. The minimum Gasteiger partial charge on any atom is -0.461 e. The average molecular weight is 186 g/mol. The van der Waals surface area contributed by atoms with Crippen molar-refractivity contribution >= 4 is 5.97 Å². The van der Waals surface area contributed by atoms with Crippen LogP contribution in [0, 0.1) is 6.42 Å². The fourth-order valence-electron chi connectivity index (χ4n) is 1.34. The second-order valence-electron chi connectivity index (χ2n) is 3.29. The topological polar surface area (TPSA) is 72.5 Å². The fourth-order valence-corrected chi connectivity index (χ4v) is 1.34. The Bertz CT molecular complexity index is 166. The molecule has 0 saturated heterocycles. The molecule has 3 N–H and O–H groups in total. The summed E-state index contributed by atoms with van der Waals surface area (Å²) in [4.78, 5) is 11.1. The third-order valence-electron chi connectivity index (χ3n) is 2.17. The molecule has 0 amide bonds. The van der Waals surface area contributed by atoms with Gasteiger partial charge in [0.1, 0.15) is 12.1 Å². The molecular weight excluding hydrogens is 170 g/mol. The second-order valence-corrected chi connectivity index (χ2v) is 3.29. The molecule has 13 heavy (non-hydrogen) atoms. The number of nitrogens with two attached hydrogens (primary N) is 1. The van der Waals surface area contributed by atoms with Crippen molar-refractivity contribution in [1.29, 1.82) is 0 Å². The van der Waals surface area contributed by atoms with Gasteiger partial charge >= 0.3 is 5.97 Å². The monoisotopic (exact) mass is 186 g/mol. The zero-order valence-electron chi connectivity index (χ0n) is 7.61. The number of carbonyl (C=O) groups is 1. The van der Waals surface area contributed by atoms with Gasteiger partial charge in [0.2, 0.25) is 0 Å². The Labute approximate surface area is 78.1 Å². The quantitative estimate of drug-likeness (QED) is 0.608. The van der Waals surface area contributed by atoms with Crippen LogP contribution in [0.25, 0.3) is 0 Å². The van der Waals surface area contributed by atoms with Gasteiger partial charge in [-0.05, 0) is 32.1 Å². The van der Waals surface area contributed by atoms with Gasteiger partial charge in [-0.25, -0.2) is 0 Å². The van der Waals surface area contributed by atoms with Crippen LogP contribution in [-0.4, -0.2) is 29.8 Å². The first-order chi connectivity index (χ1) is 6.24. The Morgan fingerprint density at radius 2 is 2.23 bits per heavy atom. The molecule has 1 aliphatic rings. The Kier molecular flexibility index (Phi) is 4.18. The van der Waals surface area contributed by atoms with E-state index in [-0.39, 0.29) is 12.7 Å². The summed E-state index contributed by atoms with van der Waals surface area (Å²) in [5, 5.41) is 8.60. The summed E-state index contributed by atoms with van der Waals surface area (Å²) < 4.78 is 5.10. The van der Waals surface area contributed by atoms with Crippen molar-refractivity contribution in [2.45, 2.75) is 37.8 Å². The molecule has 1 saturated carbocycles. The number of ether oxygens (including phenoxy) is 1. The van der Waals surface area contributed by atoms with Crippen LogP contribution in [0.4, 0.5) is 0 Å². The predicted octanol–water partition coefficient (Wildman–Crippen LogP) is -0.00391. The van der Waals surface area contributed by atoms with Crippen LogP contribution in [0.5, 0.6) is 0 Å². The van der Waals surface area contributed by atoms with Gasteiger partial charge in [-0.15, -0.1) is 0 Å². The maximum Gasteiger partial charge on any atom is 0.325 e. The van der Waals surface area contributed by atoms with Crippen LogP contribution >= 0.6 is 0 Å². The van der Waals surface area contributed by atoms with E-state index in [0.717, 1.165) is 25.7 Å². The van der Waals surface area contributed by atoms with Gasteiger partial charge in [0.25, 0.3) is 0 Å². The van der Waals surface area contributed by atoms with E-state index < -0.39 is 12.0 Å². The van der Waals surface area contributed by atoms with Gasteiger partial charge in [0.05, 0.1) is 6.61 Å². The van der Waals surface area contributed by atoms with E-state index in [1.165, 1.54) is 0 Å². The van der Waals surface area contributed by atoms with Crippen molar-refractivity contribution in [3.8, 4) is 0 Å². The van der Waals surface area contributed by atoms with Crippen molar-refractivity contribution in [2.24, 2.45) is 5.73 Å². The number of rotatable bonds is 3. The fraction of sp³-hybridized carbons (Fsp3) is 0.778. The number of carbonyl (C=O) groups excluding carboxylic acids is 1. The lowest BCUT2D eigenvalue weighted by atomic mass is 9.98. The molecule has 1 unspecified atom stereocenters. The van der Waals surface area contributed by atoms with Crippen LogP contribution in [0.15, 0.2) is 0 Å². The van der Waals surface area contributed by atoms with Gasteiger partial charge in [0.15, 0.2) is 0 Å². The molecule has 1 atom stereocenters. The molecule has 1 radical (unpaired) electrons. The molecule has 0 heterocycles. The second kappa shape index (κ2) is 5.19. The Hall–Kier alpha value is -0.610. The lowest BCUT2D eigenvalue weighted by Crippen LogP contribution is -2.38. The van der Waals surface area contributed by atoms with Gasteiger partial charge in [-0.1, -0.05) is 0 Å². The largest absolute Gasteiger partial charge is 0.461 e. The van der Waals surface area contributed by atoms with Gasteiger partial charge in [-0.2, -0.15) is 0 Å². The van der Waals surface area contributed by atoms with Crippen molar-refractivity contribution in [3.63, 3.8) is 0 Å². The molecule has 0 aromatic heterocycles. The maximum atomic E-state index is 11.1. The van der Waals surface area contributed by atoms with E-state index in [1.54, 1.807) is 0 Å². The van der Waals surface area contributed by atoms with Crippen LogP contribution in [-0.2, 0) is 9.53 Å². The van der Waals surface area contributed by atoms with E-state index >= 15 is 0 Å². The first-order valence-electron chi connectivity index (χ1n) is 4.62. The summed E-state index contributed by atoms with van der Waals surface area (Å²) in [6.45, 7) is -0.350. The summed E-state index contributed by atoms with van der Waals surface area (Å²) in [5.41, 5.74) is 5.30. The molecule has 75 valence electrons. The Morgan fingerprint density at radius 3 is 2.77 bits per heavy atom. The third-order valence-corrected chi connectivity index (χ3v) is 2.17. The molecule has 0 bridgehead atoms. The molecule has 4 nitrogen and oxygen atoms in total. The Balaban J connectivity index is 2.26. The summed E-state index contributed by atoms with van der Waals surface area (Å²) in [6.07, 6.45) is 5.93. The zero-order valence-corrected chi connectivity index (χ0v) is 7.61. The Morgan fingerprint density at radius 1 is 1.62 bits per heavy atom. The minimum atomic E-state index is -0.883.